The van der Waals surface area contributed by atoms with Crippen LogP contribution in [0.5, 0.6) is 0 Å². The quantitative estimate of drug-likeness (QED) is 0.758. The molecule has 2 unspecified atom stereocenters. The molecule has 14 heavy (non-hydrogen) atoms. The number of carboxylic acid groups (broad SMARTS) is 1. The molecule has 0 saturated heterocycles. The standard InChI is InChI=1S/C11H20O3/c1-8-4-3-5-10(6-8)14-9(2)7-11(12)13/h8-10H,3-7H2,1-2H3,(H,12,13)/t8?,9-,10?/m0/s1. The van der Waals surface area contributed by atoms with Crippen LogP contribution in [0.2, 0.25) is 0 Å². The molecule has 1 aliphatic rings. The van der Waals surface area contributed by atoms with E-state index in [0.717, 1.165) is 18.8 Å². The summed E-state index contributed by atoms with van der Waals surface area (Å²) in [6.07, 6.45) is 4.93. The third kappa shape index (κ3) is 4.09. The van der Waals surface area contributed by atoms with Crippen LogP contribution in [-0.4, -0.2) is 23.3 Å². The predicted octanol–water partition coefficient (Wildman–Crippen LogP) is 2.44. The van der Waals surface area contributed by atoms with Crippen LogP contribution in [0.25, 0.3) is 0 Å². The van der Waals surface area contributed by atoms with Gasteiger partial charge in [-0.2, -0.15) is 0 Å². The Balaban J connectivity index is 2.25. The fourth-order valence-corrected chi connectivity index (χ4v) is 2.12. The number of carbonyl (C=O) groups is 1. The van der Waals surface area contributed by atoms with Crippen molar-refractivity contribution in [2.24, 2.45) is 5.92 Å². The molecule has 1 N–H and O–H groups in total. The summed E-state index contributed by atoms with van der Waals surface area (Å²) in [5, 5.41) is 8.59. The second-order valence-corrected chi connectivity index (χ2v) is 4.44. The van der Waals surface area contributed by atoms with E-state index in [1.165, 1.54) is 12.8 Å². The van der Waals surface area contributed by atoms with E-state index >= 15 is 0 Å². The first-order valence-corrected chi connectivity index (χ1v) is 5.45. The zero-order chi connectivity index (χ0) is 10.6. The van der Waals surface area contributed by atoms with E-state index in [1.54, 1.807) is 0 Å². The fourth-order valence-electron chi connectivity index (χ4n) is 2.12. The monoisotopic (exact) mass is 200 g/mol. The second kappa shape index (κ2) is 5.35. The highest BCUT2D eigenvalue weighted by Gasteiger charge is 2.21. The minimum Gasteiger partial charge on any atom is -0.481 e. The highest BCUT2D eigenvalue weighted by Crippen LogP contribution is 2.26. The molecule has 3 atom stereocenters. The highest BCUT2D eigenvalue weighted by atomic mass is 16.5. The minimum atomic E-state index is -0.777. The van der Waals surface area contributed by atoms with E-state index in [4.69, 9.17) is 9.84 Å². The first kappa shape index (κ1) is 11.5. The molecule has 0 bridgehead atoms. The largest absolute Gasteiger partial charge is 0.481 e. The maximum atomic E-state index is 10.4. The molecule has 1 fully saturated rings. The zero-order valence-corrected chi connectivity index (χ0v) is 9.03. The molecule has 0 aliphatic heterocycles. The molecule has 0 radical (unpaired) electrons. The fraction of sp³-hybridized carbons (Fsp3) is 0.909. The van der Waals surface area contributed by atoms with E-state index in [0.29, 0.717) is 0 Å². The van der Waals surface area contributed by atoms with Crippen molar-refractivity contribution in [1.82, 2.24) is 0 Å². The van der Waals surface area contributed by atoms with Gasteiger partial charge < -0.3 is 9.84 Å². The lowest BCUT2D eigenvalue weighted by Crippen LogP contribution is -2.26. The Morgan fingerprint density at radius 3 is 2.86 bits per heavy atom. The summed E-state index contributed by atoms with van der Waals surface area (Å²) in [5.74, 6) is -0.0489. The Morgan fingerprint density at radius 1 is 1.57 bits per heavy atom. The third-order valence-electron chi connectivity index (χ3n) is 2.78. The van der Waals surface area contributed by atoms with E-state index in [9.17, 15) is 4.79 Å². The van der Waals surface area contributed by atoms with Crippen LogP contribution in [-0.2, 0) is 9.53 Å². The van der Waals surface area contributed by atoms with E-state index in [1.807, 2.05) is 6.92 Å². The summed E-state index contributed by atoms with van der Waals surface area (Å²) in [7, 11) is 0. The molecule has 1 saturated carbocycles. The van der Waals surface area contributed by atoms with Crippen LogP contribution < -0.4 is 0 Å². The van der Waals surface area contributed by atoms with Crippen molar-refractivity contribution in [3.05, 3.63) is 0 Å². The number of ether oxygens (including phenoxy) is 1. The lowest BCUT2D eigenvalue weighted by atomic mass is 9.88. The predicted molar refractivity (Wildman–Crippen MR) is 54.2 cm³/mol. The third-order valence-corrected chi connectivity index (χ3v) is 2.78. The molecule has 0 aromatic rings. The van der Waals surface area contributed by atoms with E-state index in [-0.39, 0.29) is 18.6 Å². The highest BCUT2D eigenvalue weighted by molar-refractivity contribution is 5.67. The Labute approximate surface area is 85.5 Å². The van der Waals surface area contributed by atoms with Gasteiger partial charge in [0.25, 0.3) is 0 Å². The van der Waals surface area contributed by atoms with Crippen molar-refractivity contribution in [3.8, 4) is 0 Å². The number of carboxylic acids is 1. The number of aliphatic carboxylic acids is 1. The van der Waals surface area contributed by atoms with Crippen molar-refractivity contribution in [2.45, 2.75) is 58.2 Å². The molecule has 3 heteroatoms. The topological polar surface area (TPSA) is 46.5 Å². The molecule has 1 aliphatic carbocycles. The van der Waals surface area contributed by atoms with Crippen LogP contribution >= 0.6 is 0 Å². The summed E-state index contributed by atoms with van der Waals surface area (Å²) in [5.41, 5.74) is 0. The van der Waals surface area contributed by atoms with Gasteiger partial charge in [-0.15, -0.1) is 0 Å². The lowest BCUT2D eigenvalue weighted by molar-refractivity contribution is -0.141. The molecule has 82 valence electrons. The van der Waals surface area contributed by atoms with E-state index < -0.39 is 5.97 Å². The van der Waals surface area contributed by atoms with E-state index in [2.05, 4.69) is 6.92 Å². The molecule has 0 heterocycles. The molecular formula is C11H20O3. The lowest BCUT2D eigenvalue weighted by Gasteiger charge is -2.28. The van der Waals surface area contributed by atoms with Crippen molar-refractivity contribution in [1.29, 1.82) is 0 Å². The second-order valence-electron chi connectivity index (χ2n) is 4.44. The van der Waals surface area contributed by atoms with Crippen molar-refractivity contribution >= 4 is 5.97 Å². The van der Waals surface area contributed by atoms with Gasteiger partial charge in [0.1, 0.15) is 0 Å². The summed E-state index contributed by atoms with van der Waals surface area (Å²) >= 11 is 0. The first-order valence-electron chi connectivity index (χ1n) is 5.45. The molecule has 0 aromatic carbocycles. The van der Waals surface area contributed by atoms with Crippen molar-refractivity contribution in [2.75, 3.05) is 0 Å². The van der Waals surface area contributed by atoms with Crippen LogP contribution in [0.1, 0.15) is 46.0 Å². The molecule has 1 rings (SSSR count). The Hall–Kier alpha value is -0.570. The zero-order valence-electron chi connectivity index (χ0n) is 9.03. The minimum absolute atomic E-state index is 0.116. The normalized spacial score (nSPS) is 29.9. The maximum Gasteiger partial charge on any atom is 0.305 e. The van der Waals surface area contributed by atoms with Gasteiger partial charge in [0.05, 0.1) is 18.6 Å². The Kier molecular flexibility index (Phi) is 4.39. The smallest absolute Gasteiger partial charge is 0.305 e. The Bertz CT molecular complexity index is 191. The average molecular weight is 200 g/mol. The first-order chi connectivity index (χ1) is 6.58. The van der Waals surface area contributed by atoms with Crippen LogP contribution in [0, 0.1) is 5.92 Å². The maximum absolute atomic E-state index is 10.4. The summed E-state index contributed by atoms with van der Waals surface area (Å²) in [4.78, 5) is 10.4. The average Bonchev–Trinajstić information content (AvgIpc) is 2.01. The molecule has 0 spiro atoms. The van der Waals surface area contributed by atoms with Crippen molar-refractivity contribution in [3.63, 3.8) is 0 Å². The van der Waals surface area contributed by atoms with Gasteiger partial charge in [-0.3, -0.25) is 4.79 Å². The van der Waals surface area contributed by atoms with Gasteiger partial charge in [-0.25, -0.2) is 0 Å². The molecule has 0 amide bonds. The molecule has 0 aromatic heterocycles. The van der Waals surface area contributed by atoms with Gasteiger partial charge in [-0.1, -0.05) is 19.8 Å². The summed E-state index contributed by atoms with van der Waals surface area (Å²) in [6, 6.07) is 0. The van der Waals surface area contributed by atoms with Gasteiger partial charge in [0.2, 0.25) is 0 Å². The van der Waals surface area contributed by atoms with Crippen LogP contribution in [0.3, 0.4) is 0 Å². The van der Waals surface area contributed by atoms with Crippen LogP contribution in [0.4, 0.5) is 0 Å². The molecule has 3 nitrogen and oxygen atoms in total. The summed E-state index contributed by atoms with van der Waals surface area (Å²) < 4.78 is 5.69. The van der Waals surface area contributed by atoms with Crippen LogP contribution in [0.15, 0.2) is 0 Å². The van der Waals surface area contributed by atoms with Gasteiger partial charge >= 0.3 is 5.97 Å². The summed E-state index contributed by atoms with van der Waals surface area (Å²) in [6.45, 7) is 4.07. The number of rotatable bonds is 4. The van der Waals surface area contributed by atoms with Crippen molar-refractivity contribution < 1.29 is 14.6 Å². The molecular weight excluding hydrogens is 180 g/mol. The van der Waals surface area contributed by atoms with Gasteiger partial charge in [0.15, 0.2) is 0 Å². The van der Waals surface area contributed by atoms with Gasteiger partial charge in [-0.05, 0) is 25.7 Å². The number of hydrogen-bond acceptors (Lipinski definition) is 2. The Morgan fingerprint density at radius 2 is 2.29 bits per heavy atom. The van der Waals surface area contributed by atoms with Gasteiger partial charge in [0, 0.05) is 0 Å². The SMILES string of the molecule is CC1CCCC(O[C@@H](C)CC(=O)O)C1. The number of hydrogen-bond donors (Lipinski definition) is 1.